The summed E-state index contributed by atoms with van der Waals surface area (Å²) in [6.07, 6.45) is 0.755. The number of nitrogens with zero attached hydrogens (tertiary/aromatic N) is 4. The van der Waals surface area contributed by atoms with Crippen LogP contribution in [0.5, 0.6) is 0 Å². The van der Waals surface area contributed by atoms with Gasteiger partial charge in [0.05, 0.1) is 30.1 Å². The summed E-state index contributed by atoms with van der Waals surface area (Å²) < 4.78 is 54.1. The molecule has 34 heavy (non-hydrogen) atoms. The van der Waals surface area contributed by atoms with Crippen LogP contribution >= 0.6 is 22.9 Å². The van der Waals surface area contributed by atoms with Gasteiger partial charge in [-0.1, -0.05) is 18.5 Å². The van der Waals surface area contributed by atoms with Crippen LogP contribution in [0, 0.1) is 5.82 Å². The Morgan fingerprint density at radius 2 is 2.03 bits per heavy atom. The zero-order valence-corrected chi connectivity index (χ0v) is 19.8. The summed E-state index contributed by atoms with van der Waals surface area (Å²) in [5.74, 6) is -1.34. The smallest absolute Gasteiger partial charge is 0.295 e. The lowest BCUT2D eigenvalue weighted by Crippen LogP contribution is -2.28. The zero-order valence-electron chi connectivity index (χ0n) is 18.2. The highest BCUT2D eigenvalue weighted by Gasteiger charge is 2.32. The highest BCUT2D eigenvalue weighted by atomic mass is 35.5. The van der Waals surface area contributed by atoms with Crippen molar-refractivity contribution in [2.75, 3.05) is 6.54 Å². The van der Waals surface area contributed by atoms with Crippen LogP contribution in [0.25, 0.3) is 11.3 Å². The van der Waals surface area contributed by atoms with Crippen molar-refractivity contribution in [3.63, 3.8) is 0 Å². The Morgan fingerprint density at radius 3 is 2.71 bits per heavy atom. The summed E-state index contributed by atoms with van der Waals surface area (Å²) >= 11 is 6.97. The van der Waals surface area contributed by atoms with Crippen molar-refractivity contribution in [1.82, 2.24) is 19.9 Å². The van der Waals surface area contributed by atoms with Gasteiger partial charge in [0, 0.05) is 23.0 Å². The first-order chi connectivity index (χ1) is 16.1. The fourth-order valence-corrected chi connectivity index (χ4v) is 5.35. The molecular weight excluding hydrogens is 492 g/mol. The minimum absolute atomic E-state index is 0.0378. The van der Waals surface area contributed by atoms with E-state index in [1.807, 2.05) is 0 Å². The zero-order chi connectivity index (χ0) is 24.5. The number of hydrogen-bond acceptors (Lipinski definition) is 6. The number of ketones is 1. The predicted octanol–water partition coefficient (Wildman–Crippen LogP) is 6.21. The quantitative estimate of drug-likeness (QED) is 0.278. The van der Waals surface area contributed by atoms with Gasteiger partial charge in [0.15, 0.2) is 5.78 Å². The molecule has 0 saturated carbocycles. The van der Waals surface area contributed by atoms with E-state index >= 15 is 0 Å². The van der Waals surface area contributed by atoms with Crippen LogP contribution in [0.3, 0.4) is 0 Å². The van der Waals surface area contributed by atoms with Gasteiger partial charge >= 0.3 is 6.18 Å². The van der Waals surface area contributed by atoms with Crippen molar-refractivity contribution in [1.29, 1.82) is 0 Å². The van der Waals surface area contributed by atoms with E-state index in [9.17, 15) is 22.4 Å². The molecule has 2 aromatic heterocycles. The lowest BCUT2D eigenvalue weighted by atomic mass is 10.1. The van der Waals surface area contributed by atoms with Gasteiger partial charge in [-0.05, 0) is 44.0 Å². The van der Waals surface area contributed by atoms with Crippen LogP contribution in [-0.4, -0.2) is 38.2 Å². The summed E-state index contributed by atoms with van der Waals surface area (Å²) in [5.41, 5.74) is -0.668. The minimum Gasteiger partial charge on any atom is -0.295 e. The molecule has 0 N–H and O–H groups in total. The maximum absolute atomic E-state index is 14.2. The molecule has 1 aliphatic heterocycles. The van der Waals surface area contributed by atoms with Gasteiger partial charge in [0.1, 0.15) is 21.7 Å². The third-order valence-corrected chi connectivity index (χ3v) is 7.01. The highest BCUT2D eigenvalue weighted by molar-refractivity contribution is 7.12. The van der Waals surface area contributed by atoms with Gasteiger partial charge in [-0.2, -0.15) is 13.2 Å². The van der Waals surface area contributed by atoms with Crippen LogP contribution in [0.2, 0.25) is 5.15 Å². The maximum Gasteiger partial charge on any atom is 0.416 e. The highest BCUT2D eigenvalue weighted by Crippen LogP contribution is 2.37. The van der Waals surface area contributed by atoms with E-state index < -0.39 is 17.6 Å². The molecule has 1 atom stereocenters. The van der Waals surface area contributed by atoms with E-state index in [-0.39, 0.29) is 34.3 Å². The first kappa shape index (κ1) is 24.7. The fourth-order valence-electron chi connectivity index (χ4n) is 4.13. The SMILES string of the molecule is CC[C@@H]1CCCN1Cc1sc(CC(=O)c2cnc(Cl)cn2)nc1-c1cc(F)cc(C(F)(F)F)c1. The van der Waals surface area contributed by atoms with Gasteiger partial charge in [-0.3, -0.25) is 9.69 Å². The molecule has 3 aromatic rings. The number of carbonyl (C=O) groups excluding carboxylic acids is 1. The molecular formula is C23H21ClF4N4OS. The van der Waals surface area contributed by atoms with Crippen molar-refractivity contribution >= 4 is 28.7 Å². The number of aromatic nitrogens is 3. The first-order valence-electron chi connectivity index (χ1n) is 10.8. The van der Waals surface area contributed by atoms with E-state index in [2.05, 4.69) is 26.8 Å². The lowest BCUT2D eigenvalue weighted by molar-refractivity contribution is -0.137. The topological polar surface area (TPSA) is 59.0 Å². The molecule has 3 heterocycles. The summed E-state index contributed by atoms with van der Waals surface area (Å²) in [6, 6.07) is 2.78. The normalized spacial score (nSPS) is 16.8. The molecule has 180 valence electrons. The molecule has 0 aliphatic carbocycles. The summed E-state index contributed by atoms with van der Waals surface area (Å²) in [6.45, 7) is 3.43. The second-order valence-electron chi connectivity index (χ2n) is 8.10. The Labute approximate surface area is 202 Å². The molecule has 0 amide bonds. The molecule has 0 unspecified atom stereocenters. The molecule has 1 fully saturated rings. The van der Waals surface area contributed by atoms with Crippen molar-refractivity contribution in [3.8, 4) is 11.3 Å². The first-order valence-corrected chi connectivity index (χ1v) is 11.9. The molecule has 11 heteroatoms. The van der Waals surface area contributed by atoms with Crippen LogP contribution < -0.4 is 0 Å². The Hall–Kier alpha value is -2.43. The molecule has 1 saturated heterocycles. The summed E-state index contributed by atoms with van der Waals surface area (Å²) in [7, 11) is 0. The number of alkyl halides is 3. The van der Waals surface area contributed by atoms with Crippen LogP contribution in [0.1, 0.15) is 52.1 Å². The van der Waals surface area contributed by atoms with E-state index in [1.54, 1.807) is 0 Å². The maximum atomic E-state index is 14.2. The molecule has 1 aromatic carbocycles. The number of benzene rings is 1. The van der Waals surface area contributed by atoms with Crippen molar-refractivity contribution in [2.45, 2.75) is 51.4 Å². The second-order valence-corrected chi connectivity index (χ2v) is 9.66. The minimum atomic E-state index is -4.69. The number of Topliss-reactive ketones (excluding diaryl/α,β-unsaturated/α-hetero) is 1. The molecule has 0 bridgehead atoms. The standard InChI is InChI=1S/C23H21ClF4N4OS/c1-2-16-4-3-5-32(16)12-19-22(13-6-14(23(26,27)28)8-15(25)7-13)31-21(34-19)9-18(33)17-10-30-20(24)11-29-17/h6-8,10-11,16H,2-5,9,12H2,1H3/t16-/m1/s1. The number of likely N-dealkylation sites (tertiary alicyclic amines) is 1. The predicted molar refractivity (Wildman–Crippen MR) is 121 cm³/mol. The van der Waals surface area contributed by atoms with E-state index in [0.29, 0.717) is 28.5 Å². The molecule has 4 rings (SSSR count). The van der Waals surface area contributed by atoms with Crippen LogP contribution in [0.4, 0.5) is 17.6 Å². The Kier molecular flexibility index (Phi) is 7.30. The Balaban J connectivity index is 1.70. The van der Waals surface area contributed by atoms with Crippen molar-refractivity contribution in [2.24, 2.45) is 0 Å². The van der Waals surface area contributed by atoms with Gasteiger partial charge < -0.3 is 0 Å². The van der Waals surface area contributed by atoms with Gasteiger partial charge in [-0.25, -0.2) is 19.3 Å². The van der Waals surface area contributed by atoms with Crippen LogP contribution in [0.15, 0.2) is 30.6 Å². The van der Waals surface area contributed by atoms with E-state index in [4.69, 9.17) is 11.6 Å². The third-order valence-electron chi connectivity index (χ3n) is 5.78. The molecule has 0 radical (unpaired) electrons. The molecule has 5 nitrogen and oxygen atoms in total. The largest absolute Gasteiger partial charge is 0.416 e. The van der Waals surface area contributed by atoms with E-state index in [0.717, 1.165) is 37.9 Å². The van der Waals surface area contributed by atoms with Gasteiger partial charge in [0.2, 0.25) is 0 Å². The molecule has 0 spiro atoms. The number of thiazole rings is 1. The number of carbonyl (C=O) groups is 1. The third kappa shape index (κ3) is 5.61. The Bertz CT molecular complexity index is 1180. The van der Waals surface area contributed by atoms with Gasteiger partial charge in [0.25, 0.3) is 0 Å². The molecule has 1 aliphatic rings. The van der Waals surface area contributed by atoms with Crippen LogP contribution in [-0.2, 0) is 19.1 Å². The number of halogens is 5. The number of hydrogen-bond donors (Lipinski definition) is 0. The second kappa shape index (κ2) is 10.1. The fraction of sp³-hybridized carbons (Fsp3) is 0.391. The summed E-state index contributed by atoms with van der Waals surface area (Å²) in [4.78, 5) is 27.9. The lowest BCUT2D eigenvalue weighted by Gasteiger charge is -2.23. The summed E-state index contributed by atoms with van der Waals surface area (Å²) in [5, 5.41) is 0.565. The monoisotopic (exact) mass is 512 g/mol. The van der Waals surface area contributed by atoms with Crippen molar-refractivity contribution < 1.29 is 22.4 Å². The average molecular weight is 513 g/mol. The Morgan fingerprint density at radius 1 is 1.24 bits per heavy atom. The van der Waals surface area contributed by atoms with E-state index in [1.165, 1.54) is 23.7 Å². The number of rotatable bonds is 7. The van der Waals surface area contributed by atoms with Gasteiger partial charge in [-0.15, -0.1) is 11.3 Å². The van der Waals surface area contributed by atoms with Crippen molar-refractivity contribution in [3.05, 3.63) is 62.7 Å². The average Bonchev–Trinajstić information content (AvgIpc) is 3.40.